The van der Waals surface area contributed by atoms with Crippen molar-refractivity contribution in [2.24, 2.45) is 0 Å². The molecular formula is C14H10ClKNO2S2+. The normalized spacial score (nSPS) is 10.7. The molecule has 2 aromatic carbocycles. The molecular weight excluding hydrogens is 353 g/mol. The maximum absolute atomic E-state index is 12.1. The summed E-state index contributed by atoms with van der Waals surface area (Å²) in [6.07, 6.45) is 1.41. The zero-order valence-electron chi connectivity index (χ0n) is 11.2. The number of rotatable bonds is 3. The van der Waals surface area contributed by atoms with Gasteiger partial charge in [-0.3, -0.25) is 0 Å². The van der Waals surface area contributed by atoms with E-state index in [2.05, 4.69) is 12.6 Å². The second kappa shape index (κ2) is 9.27. The van der Waals surface area contributed by atoms with Gasteiger partial charge in [-0.1, -0.05) is 36.4 Å². The Morgan fingerprint density at radius 2 is 1.81 bits per heavy atom. The smallest absolute Gasteiger partial charge is 0.618 e. The van der Waals surface area contributed by atoms with E-state index in [0.29, 0.717) is 22.0 Å². The van der Waals surface area contributed by atoms with Crippen molar-refractivity contribution in [1.82, 2.24) is 0 Å². The van der Waals surface area contributed by atoms with Crippen molar-refractivity contribution in [3.05, 3.63) is 64.3 Å². The Morgan fingerprint density at radius 3 is 2.43 bits per heavy atom. The van der Waals surface area contributed by atoms with Gasteiger partial charge in [-0.25, -0.2) is 0 Å². The fraction of sp³-hybridized carbons (Fsp3) is 0. The molecule has 0 atom stereocenters. The Hall–Kier alpha value is 0.0764. The Balaban J connectivity index is 0.00000220. The number of benzene rings is 2. The number of hydrogen-bond acceptors (Lipinski definition) is 3. The summed E-state index contributed by atoms with van der Waals surface area (Å²) in [6, 6.07) is 13.6. The minimum atomic E-state index is 0. The van der Waals surface area contributed by atoms with Crippen molar-refractivity contribution >= 4 is 52.7 Å². The molecule has 0 fully saturated rings. The van der Waals surface area contributed by atoms with Crippen molar-refractivity contribution in [3.8, 4) is 5.75 Å². The van der Waals surface area contributed by atoms with E-state index in [1.807, 2.05) is 0 Å². The molecule has 2 rings (SSSR count). The van der Waals surface area contributed by atoms with Crippen molar-refractivity contribution in [1.29, 1.82) is 0 Å². The van der Waals surface area contributed by atoms with Crippen LogP contribution >= 0.6 is 36.4 Å². The van der Waals surface area contributed by atoms with Gasteiger partial charge in [0.2, 0.25) is 10.1 Å². The van der Waals surface area contributed by atoms with Gasteiger partial charge >= 0.3 is 51.4 Å². The molecule has 3 nitrogen and oxygen atoms in total. The zero-order chi connectivity index (χ0) is 14.5. The summed E-state index contributed by atoms with van der Waals surface area (Å²) in [5, 5.41) is 12.6. The molecule has 0 aliphatic carbocycles. The number of nitrogens with zero attached hydrogens (tertiary/aromatic N) is 1. The van der Waals surface area contributed by atoms with Crippen LogP contribution < -0.4 is 56.1 Å². The monoisotopic (exact) mass is 362 g/mol. The molecule has 102 valence electrons. The first kappa shape index (κ1) is 19.1. The fourth-order valence-electron chi connectivity index (χ4n) is 1.56. The fourth-order valence-corrected chi connectivity index (χ4v) is 1.88. The topological polar surface area (TPSA) is 35.3 Å². The van der Waals surface area contributed by atoms with Gasteiger partial charge in [0.1, 0.15) is 5.75 Å². The molecule has 0 aromatic heterocycles. The van der Waals surface area contributed by atoms with E-state index in [1.165, 1.54) is 6.21 Å². The SMILES string of the molecule is [K+].[O-]/[N+](=C\c1ccccc1OC(=S)S)c1ccc(Cl)cc1. The van der Waals surface area contributed by atoms with Crippen LogP contribution in [-0.4, -0.2) is 15.3 Å². The molecule has 0 aliphatic heterocycles. The number of thiocarbonyl (C=S) groups is 1. The first-order valence-electron chi connectivity index (χ1n) is 5.63. The molecule has 2 aromatic rings. The van der Waals surface area contributed by atoms with E-state index in [0.717, 1.165) is 4.74 Å². The number of ether oxygens (including phenoxy) is 1. The summed E-state index contributed by atoms with van der Waals surface area (Å²) in [6.45, 7) is 0. The van der Waals surface area contributed by atoms with Gasteiger partial charge in [-0.05, 0) is 36.5 Å². The van der Waals surface area contributed by atoms with Crippen LogP contribution in [-0.2, 0) is 0 Å². The van der Waals surface area contributed by atoms with Gasteiger partial charge in [0.15, 0.2) is 6.21 Å². The van der Waals surface area contributed by atoms with E-state index in [4.69, 9.17) is 28.6 Å². The summed E-state index contributed by atoms with van der Waals surface area (Å²) in [5.74, 6) is 0.474. The quantitative estimate of drug-likeness (QED) is 0.169. The molecule has 0 aliphatic rings. The van der Waals surface area contributed by atoms with Crippen LogP contribution in [0.2, 0.25) is 5.02 Å². The average molecular weight is 363 g/mol. The van der Waals surface area contributed by atoms with E-state index < -0.39 is 0 Å². The van der Waals surface area contributed by atoms with Gasteiger partial charge in [0.05, 0.1) is 5.56 Å². The van der Waals surface area contributed by atoms with E-state index in [9.17, 15) is 5.21 Å². The third kappa shape index (κ3) is 6.00. The summed E-state index contributed by atoms with van der Waals surface area (Å²) in [4.78, 5) is 0. The second-order valence-corrected chi connectivity index (χ2v) is 5.35. The maximum atomic E-state index is 12.1. The number of hydrogen-bond donors (Lipinski definition) is 1. The van der Waals surface area contributed by atoms with Crippen LogP contribution in [0.3, 0.4) is 0 Å². The Labute approximate surface area is 181 Å². The van der Waals surface area contributed by atoms with Gasteiger partial charge in [0, 0.05) is 17.2 Å². The maximum Gasteiger partial charge on any atom is 1.00 e. The van der Waals surface area contributed by atoms with Crippen molar-refractivity contribution in [3.63, 3.8) is 0 Å². The van der Waals surface area contributed by atoms with Crippen molar-refractivity contribution in [2.45, 2.75) is 0 Å². The number of halogens is 1. The minimum Gasteiger partial charge on any atom is -0.618 e. The molecule has 21 heavy (non-hydrogen) atoms. The first-order valence-corrected chi connectivity index (χ1v) is 6.86. The summed E-state index contributed by atoms with van der Waals surface area (Å²) >= 11 is 14.5. The molecule has 0 unspecified atom stereocenters. The molecule has 0 amide bonds. The molecule has 0 spiro atoms. The van der Waals surface area contributed by atoms with E-state index in [-0.39, 0.29) is 55.8 Å². The Morgan fingerprint density at radius 1 is 1.19 bits per heavy atom. The van der Waals surface area contributed by atoms with Crippen LogP contribution in [0.25, 0.3) is 0 Å². The van der Waals surface area contributed by atoms with Gasteiger partial charge < -0.3 is 9.94 Å². The number of para-hydroxylation sites is 1. The Kier molecular flexibility index (Phi) is 8.44. The molecule has 0 saturated carbocycles. The van der Waals surface area contributed by atoms with Gasteiger partial charge in [-0.2, -0.15) is 4.74 Å². The van der Waals surface area contributed by atoms with Crippen molar-refractivity contribution in [2.75, 3.05) is 0 Å². The van der Waals surface area contributed by atoms with Crippen molar-refractivity contribution < 1.29 is 60.9 Å². The van der Waals surface area contributed by atoms with Crippen LogP contribution in [0.1, 0.15) is 5.56 Å². The second-order valence-electron chi connectivity index (χ2n) is 3.84. The largest absolute Gasteiger partial charge is 1.00 e. The van der Waals surface area contributed by atoms with Gasteiger partial charge in [-0.15, -0.1) is 0 Å². The summed E-state index contributed by atoms with van der Waals surface area (Å²) < 4.78 is 6.11. The van der Waals surface area contributed by atoms with Crippen LogP contribution in [0.5, 0.6) is 5.75 Å². The molecule has 0 heterocycles. The third-order valence-electron chi connectivity index (χ3n) is 2.45. The van der Waals surface area contributed by atoms with Gasteiger partial charge in [0.25, 0.3) is 0 Å². The third-order valence-corrected chi connectivity index (χ3v) is 2.88. The molecule has 0 radical (unpaired) electrons. The van der Waals surface area contributed by atoms with E-state index in [1.54, 1.807) is 48.5 Å². The zero-order valence-corrected chi connectivity index (χ0v) is 16.8. The molecule has 0 bridgehead atoms. The average Bonchev–Trinajstić information content (AvgIpc) is 2.41. The predicted molar refractivity (Wildman–Crippen MR) is 88.6 cm³/mol. The summed E-state index contributed by atoms with van der Waals surface area (Å²) in [5.41, 5.74) is 1.08. The summed E-state index contributed by atoms with van der Waals surface area (Å²) in [7, 11) is 0. The van der Waals surface area contributed by atoms with E-state index >= 15 is 0 Å². The van der Waals surface area contributed by atoms with Crippen LogP contribution in [0.15, 0.2) is 48.5 Å². The predicted octanol–water partition coefficient (Wildman–Crippen LogP) is 1.20. The minimum absolute atomic E-state index is 0. The molecule has 7 heteroatoms. The number of thiol groups is 1. The Bertz CT molecular complexity index is 662. The van der Waals surface area contributed by atoms with Crippen LogP contribution in [0.4, 0.5) is 5.69 Å². The molecule has 0 N–H and O–H groups in total. The molecule has 0 saturated heterocycles. The standard InChI is InChI=1S/C14H10ClNO2S2.K/c15-11-5-7-12(8-6-11)16(17)9-10-3-1-2-4-13(10)18-14(19)20;/h1-9H,(H,19,20);/q;+1/b16-9-;. The first-order chi connectivity index (χ1) is 9.56. The van der Waals surface area contributed by atoms with Crippen LogP contribution in [0, 0.1) is 5.21 Å².